The van der Waals surface area contributed by atoms with Crippen LogP contribution in [0, 0.1) is 0 Å². The van der Waals surface area contributed by atoms with Crippen molar-refractivity contribution in [3.8, 4) is 0 Å². The van der Waals surface area contributed by atoms with E-state index in [0.29, 0.717) is 6.42 Å². The second-order valence-corrected chi connectivity index (χ2v) is 3.73. The van der Waals surface area contributed by atoms with Crippen LogP contribution in [0.5, 0.6) is 0 Å². The lowest BCUT2D eigenvalue weighted by molar-refractivity contribution is -0.145. The van der Waals surface area contributed by atoms with Crippen LogP contribution in [0.3, 0.4) is 0 Å². The molecule has 1 amide bonds. The molecule has 0 radical (unpaired) electrons. The molecule has 8 heteroatoms. The fourth-order valence-electron chi connectivity index (χ4n) is 1.39. The fourth-order valence-corrected chi connectivity index (χ4v) is 1.39. The molecule has 0 saturated carbocycles. The highest BCUT2D eigenvalue weighted by Crippen LogP contribution is 2.33. The zero-order valence-electron chi connectivity index (χ0n) is 9.45. The molecule has 17 heavy (non-hydrogen) atoms. The number of amides is 1. The monoisotopic (exact) mass is 250 g/mol. The first kappa shape index (κ1) is 13.5. The highest BCUT2D eigenvalue weighted by Gasteiger charge is 2.40. The van der Waals surface area contributed by atoms with E-state index in [0.717, 1.165) is 4.68 Å². The average molecular weight is 250 g/mol. The molecule has 0 aliphatic carbocycles. The first-order chi connectivity index (χ1) is 7.77. The largest absolute Gasteiger partial charge is 0.434 e. The van der Waals surface area contributed by atoms with Gasteiger partial charge in [-0.2, -0.15) is 13.2 Å². The minimum absolute atomic E-state index is 0.426. The number of aromatic nitrogens is 3. The third-order valence-corrected chi connectivity index (χ3v) is 2.38. The summed E-state index contributed by atoms with van der Waals surface area (Å²) in [6, 6.07) is -0.444. The van der Waals surface area contributed by atoms with Crippen LogP contribution in [-0.2, 0) is 17.4 Å². The summed E-state index contributed by atoms with van der Waals surface area (Å²) in [5, 5.41) is 6.83. The zero-order chi connectivity index (χ0) is 13.2. The van der Waals surface area contributed by atoms with Crippen molar-refractivity contribution < 1.29 is 18.0 Å². The Labute approximate surface area is 95.8 Å². The standard InChI is InChI=1S/C9H13F3N4O/c1-3-5(2)16-8(9(10,11)12)6(14-15-16)4-7(13)17/h5H,3-4H2,1-2H3,(H2,13,17). The Morgan fingerprint density at radius 2 is 2.12 bits per heavy atom. The number of carbonyl (C=O) groups excluding carboxylic acids is 1. The first-order valence-electron chi connectivity index (χ1n) is 5.06. The Morgan fingerprint density at radius 1 is 1.53 bits per heavy atom. The van der Waals surface area contributed by atoms with Crippen molar-refractivity contribution in [2.24, 2.45) is 5.73 Å². The number of carbonyl (C=O) groups is 1. The fraction of sp³-hybridized carbons (Fsp3) is 0.667. The van der Waals surface area contributed by atoms with E-state index >= 15 is 0 Å². The van der Waals surface area contributed by atoms with E-state index in [2.05, 4.69) is 10.3 Å². The normalized spacial score (nSPS) is 13.7. The summed E-state index contributed by atoms with van der Waals surface area (Å²) in [7, 11) is 0. The molecule has 5 nitrogen and oxygen atoms in total. The molecule has 2 N–H and O–H groups in total. The first-order valence-corrected chi connectivity index (χ1v) is 5.06. The van der Waals surface area contributed by atoms with E-state index < -0.39 is 35.9 Å². The van der Waals surface area contributed by atoms with Gasteiger partial charge in [0.2, 0.25) is 5.91 Å². The third kappa shape index (κ3) is 2.95. The van der Waals surface area contributed by atoms with Crippen molar-refractivity contribution in [1.29, 1.82) is 0 Å². The molecule has 1 aromatic rings. The van der Waals surface area contributed by atoms with Crippen LogP contribution in [0.2, 0.25) is 0 Å². The number of hydrogen-bond acceptors (Lipinski definition) is 3. The maximum absolute atomic E-state index is 12.8. The van der Waals surface area contributed by atoms with Crippen molar-refractivity contribution in [3.63, 3.8) is 0 Å². The molecule has 1 atom stereocenters. The van der Waals surface area contributed by atoms with Gasteiger partial charge in [-0.05, 0) is 13.3 Å². The Balaban J connectivity index is 3.25. The molecule has 0 aliphatic heterocycles. The SMILES string of the molecule is CCC(C)n1nnc(CC(N)=O)c1C(F)(F)F. The van der Waals surface area contributed by atoms with Gasteiger partial charge in [0.25, 0.3) is 0 Å². The molecule has 0 aliphatic rings. The van der Waals surface area contributed by atoms with Gasteiger partial charge < -0.3 is 5.73 Å². The van der Waals surface area contributed by atoms with Gasteiger partial charge >= 0.3 is 6.18 Å². The van der Waals surface area contributed by atoms with Crippen LogP contribution in [-0.4, -0.2) is 20.9 Å². The van der Waals surface area contributed by atoms with E-state index in [1.807, 2.05) is 0 Å². The highest BCUT2D eigenvalue weighted by atomic mass is 19.4. The minimum atomic E-state index is -4.60. The van der Waals surface area contributed by atoms with Crippen molar-refractivity contribution in [2.45, 2.75) is 38.9 Å². The van der Waals surface area contributed by atoms with E-state index in [9.17, 15) is 18.0 Å². The predicted molar refractivity (Wildman–Crippen MR) is 52.9 cm³/mol. The van der Waals surface area contributed by atoms with Gasteiger partial charge in [-0.1, -0.05) is 12.1 Å². The number of hydrogen-bond donors (Lipinski definition) is 1. The maximum atomic E-state index is 12.8. The van der Waals surface area contributed by atoms with Crippen molar-refractivity contribution in [3.05, 3.63) is 11.4 Å². The van der Waals surface area contributed by atoms with Crippen LogP contribution < -0.4 is 5.73 Å². The number of nitrogens with two attached hydrogens (primary N) is 1. The zero-order valence-corrected chi connectivity index (χ0v) is 9.45. The van der Waals surface area contributed by atoms with Crippen LogP contribution in [0.4, 0.5) is 13.2 Å². The summed E-state index contributed by atoms with van der Waals surface area (Å²) in [4.78, 5) is 10.7. The van der Waals surface area contributed by atoms with Gasteiger partial charge in [-0.3, -0.25) is 4.79 Å². The lowest BCUT2D eigenvalue weighted by Crippen LogP contribution is -2.21. The summed E-state index contributed by atoms with van der Waals surface area (Å²) < 4.78 is 39.3. The molecule has 0 fully saturated rings. The molecule has 0 spiro atoms. The molecule has 1 heterocycles. The number of primary amides is 1. The summed E-state index contributed by atoms with van der Waals surface area (Å²) in [5.41, 5.74) is 3.45. The van der Waals surface area contributed by atoms with E-state index in [4.69, 9.17) is 5.73 Å². The molecule has 1 aromatic heterocycles. The highest BCUT2D eigenvalue weighted by molar-refractivity contribution is 5.76. The second-order valence-electron chi connectivity index (χ2n) is 3.73. The number of rotatable bonds is 4. The summed E-state index contributed by atoms with van der Waals surface area (Å²) in [6.45, 7) is 3.33. The van der Waals surface area contributed by atoms with Crippen molar-refractivity contribution >= 4 is 5.91 Å². The molecule has 96 valence electrons. The molecular weight excluding hydrogens is 237 g/mol. The summed E-state index contributed by atoms with van der Waals surface area (Å²) in [5.74, 6) is -0.869. The second kappa shape index (κ2) is 4.72. The molecular formula is C9H13F3N4O. The number of halogens is 3. The van der Waals surface area contributed by atoms with Crippen LogP contribution >= 0.6 is 0 Å². The van der Waals surface area contributed by atoms with Gasteiger partial charge in [-0.25, -0.2) is 4.68 Å². The van der Waals surface area contributed by atoms with Gasteiger partial charge in [0, 0.05) is 0 Å². The molecule has 0 aromatic carbocycles. The van der Waals surface area contributed by atoms with Crippen molar-refractivity contribution in [1.82, 2.24) is 15.0 Å². The molecule has 1 rings (SSSR count). The number of alkyl halides is 3. The summed E-state index contributed by atoms with van der Waals surface area (Å²) >= 11 is 0. The Kier molecular flexibility index (Phi) is 3.74. The molecule has 0 bridgehead atoms. The van der Waals surface area contributed by atoms with Crippen LogP contribution in [0.25, 0.3) is 0 Å². The minimum Gasteiger partial charge on any atom is -0.369 e. The van der Waals surface area contributed by atoms with Gasteiger partial charge in [0.05, 0.1) is 12.5 Å². The van der Waals surface area contributed by atoms with E-state index in [-0.39, 0.29) is 0 Å². The topological polar surface area (TPSA) is 73.8 Å². The Morgan fingerprint density at radius 3 is 2.53 bits per heavy atom. The Bertz CT molecular complexity index is 413. The molecule has 0 saturated heterocycles. The van der Waals surface area contributed by atoms with Crippen LogP contribution in [0.1, 0.15) is 37.7 Å². The predicted octanol–water partition coefficient (Wildman–Crippen LogP) is 1.30. The van der Waals surface area contributed by atoms with Crippen molar-refractivity contribution in [2.75, 3.05) is 0 Å². The van der Waals surface area contributed by atoms with Gasteiger partial charge in [0.1, 0.15) is 5.69 Å². The summed E-state index contributed by atoms with van der Waals surface area (Å²) in [6.07, 6.45) is -4.69. The van der Waals surface area contributed by atoms with E-state index in [1.165, 1.54) is 0 Å². The average Bonchev–Trinajstić information content (AvgIpc) is 2.58. The van der Waals surface area contributed by atoms with Gasteiger partial charge in [0.15, 0.2) is 5.69 Å². The number of nitrogens with zero attached hydrogens (tertiary/aromatic N) is 3. The lowest BCUT2D eigenvalue weighted by atomic mass is 10.2. The smallest absolute Gasteiger partial charge is 0.369 e. The quantitative estimate of drug-likeness (QED) is 0.875. The molecule has 1 unspecified atom stereocenters. The van der Waals surface area contributed by atoms with Gasteiger partial charge in [-0.15, -0.1) is 5.10 Å². The van der Waals surface area contributed by atoms with E-state index in [1.54, 1.807) is 13.8 Å². The Hall–Kier alpha value is -1.60. The maximum Gasteiger partial charge on any atom is 0.434 e. The third-order valence-electron chi connectivity index (χ3n) is 2.38. The van der Waals surface area contributed by atoms with Crippen LogP contribution in [0.15, 0.2) is 0 Å². The lowest BCUT2D eigenvalue weighted by Gasteiger charge is -2.15.